The van der Waals surface area contributed by atoms with Crippen LogP contribution in [0.2, 0.25) is 5.02 Å². The van der Waals surface area contributed by atoms with E-state index < -0.39 is 0 Å². The van der Waals surface area contributed by atoms with E-state index in [2.05, 4.69) is 15.9 Å². The Bertz CT molecular complexity index is 542. The molecule has 0 aliphatic carbocycles. The number of benzene rings is 2. The van der Waals surface area contributed by atoms with Gasteiger partial charge in [0.15, 0.2) is 0 Å². The summed E-state index contributed by atoms with van der Waals surface area (Å²) in [5.74, 6) is 0.265. The Labute approximate surface area is 120 Å². The van der Waals surface area contributed by atoms with Crippen LogP contribution in [-0.2, 0) is 6.42 Å². The van der Waals surface area contributed by atoms with E-state index in [4.69, 9.17) is 17.3 Å². The molecule has 94 valence electrons. The van der Waals surface area contributed by atoms with Gasteiger partial charge >= 0.3 is 0 Å². The molecule has 0 bridgehead atoms. The standard InChI is InChI=1S/C14H13BrClNO/c15-12-8-10(3-6-13(12)16)14(17)7-9-1-4-11(18)5-2-9/h1-6,8,14,18H,7,17H2. The lowest BCUT2D eigenvalue weighted by Gasteiger charge is -2.13. The third-order valence-electron chi connectivity index (χ3n) is 2.76. The van der Waals surface area contributed by atoms with Crippen molar-refractivity contribution in [2.24, 2.45) is 5.73 Å². The summed E-state index contributed by atoms with van der Waals surface area (Å²) in [6.45, 7) is 0. The van der Waals surface area contributed by atoms with Crippen LogP contribution in [0.1, 0.15) is 17.2 Å². The van der Waals surface area contributed by atoms with Gasteiger partial charge in [-0.1, -0.05) is 29.8 Å². The van der Waals surface area contributed by atoms with Crippen molar-refractivity contribution in [2.75, 3.05) is 0 Å². The fourth-order valence-corrected chi connectivity index (χ4v) is 2.26. The van der Waals surface area contributed by atoms with Crippen molar-refractivity contribution >= 4 is 27.5 Å². The summed E-state index contributed by atoms with van der Waals surface area (Å²) in [6.07, 6.45) is 0.717. The number of phenols is 1. The average Bonchev–Trinajstić information content (AvgIpc) is 2.35. The normalized spacial score (nSPS) is 12.4. The van der Waals surface area contributed by atoms with Crippen LogP contribution in [0.4, 0.5) is 0 Å². The van der Waals surface area contributed by atoms with Gasteiger partial charge in [-0.3, -0.25) is 0 Å². The van der Waals surface area contributed by atoms with E-state index >= 15 is 0 Å². The Morgan fingerprint density at radius 1 is 1.17 bits per heavy atom. The van der Waals surface area contributed by atoms with E-state index in [0.29, 0.717) is 11.4 Å². The van der Waals surface area contributed by atoms with Gasteiger partial charge in [0.1, 0.15) is 5.75 Å². The molecule has 3 N–H and O–H groups in total. The monoisotopic (exact) mass is 325 g/mol. The molecular formula is C14H13BrClNO. The number of hydrogen-bond acceptors (Lipinski definition) is 2. The number of aromatic hydroxyl groups is 1. The van der Waals surface area contributed by atoms with Gasteiger partial charge < -0.3 is 10.8 Å². The molecule has 2 aromatic rings. The van der Waals surface area contributed by atoms with E-state index in [0.717, 1.165) is 15.6 Å². The maximum absolute atomic E-state index is 9.22. The molecule has 0 radical (unpaired) electrons. The minimum atomic E-state index is -0.0943. The molecule has 1 atom stereocenters. The lowest BCUT2D eigenvalue weighted by Crippen LogP contribution is -2.13. The Kier molecular flexibility index (Phi) is 4.27. The molecule has 0 saturated heterocycles. The van der Waals surface area contributed by atoms with Gasteiger partial charge in [-0.05, 0) is 57.7 Å². The molecule has 2 nitrogen and oxygen atoms in total. The first-order valence-corrected chi connectivity index (χ1v) is 6.72. The van der Waals surface area contributed by atoms with Crippen LogP contribution in [0.5, 0.6) is 5.75 Å². The molecule has 0 amide bonds. The van der Waals surface area contributed by atoms with Crippen LogP contribution >= 0.6 is 27.5 Å². The summed E-state index contributed by atoms with van der Waals surface area (Å²) in [5, 5.41) is 9.90. The summed E-state index contributed by atoms with van der Waals surface area (Å²) in [4.78, 5) is 0. The lowest BCUT2D eigenvalue weighted by molar-refractivity contribution is 0.475. The largest absolute Gasteiger partial charge is 0.508 e. The molecule has 2 rings (SSSR count). The maximum atomic E-state index is 9.22. The highest BCUT2D eigenvalue weighted by Gasteiger charge is 2.09. The van der Waals surface area contributed by atoms with E-state index in [-0.39, 0.29) is 11.8 Å². The van der Waals surface area contributed by atoms with Crippen molar-refractivity contribution < 1.29 is 5.11 Å². The molecule has 2 aromatic carbocycles. The smallest absolute Gasteiger partial charge is 0.115 e. The van der Waals surface area contributed by atoms with Crippen molar-refractivity contribution in [3.63, 3.8) is 0 Å². The van der Waals surface area contributed by atoms with Crippen molar-refractivity contribution in [1.82, 2.24) is 0 Å². The fourth-order valence-electron chi connectivity index (χ4n) is 1.75. The first kappa shape index (κ1) is 13.4. The van der Waals surface area contributed by atoms with Crippen LogP contribution in [0, 0.1) is 0 Å². The summed E-state index contributed by atoms with van der Waals surface area (Å²) >= 11 is 9.34. The predicted octanol–water partition coefficient (Wildman–Crippen LogP) is 4.05. The Morgan fingerprint density at radius 2 is 1.83 bits per heavy atom. The second-order valence-corrected chi connectivity index (χ2v) is 5.41. The van der Waals surface area contributed by atoms with E-state index in [1.165, 1.54) is 0 Å². The van der Waals surface area contributed by atoms with Crippen LogP contribution in [-0.4, -0.2) is 5.11 Å². The van der Waals surface area contributed by atoms with Crippen LogP contribution in [0.15, 0.2) is 46.9 Å². The number of nitrogens with two attached hydrogens (primary N) is 1. The number of halogens is 2. The molecule has 0 heterocycles. The quantitative estimate of drug-likeness (QED) is 0.894. The molecule has 1 unspecified atom stereocenters. The van der Waals surface area contributed by atoms with Crippen molar-refractivity contribution in [3.8, 4) is 5.75 Å². The second kappa shape index (κ2) is 5.74. The molecule has 4 heteroatoms. The Hall–Kier alpha value is -1.03. The summed E-state index contributed by atoms with van der Waals surface area (Å²) in [6, 6.07) is 12.7. The molecule has 0 aliphatic rings. The minimum absolute atomic E-state index is 0.0943. The van der Waals surface area contributed by atoms with Gasteiger partial charge in [-0.25, -0.2) is 0 Å². The number of rotatable bonds is 3. The maximum Gasteiger partial charge on any atom is 0.115 e. The Morgan fingerprint density at radius 3 is 2.44 bits per heavy atom. The van der Waals surface area contributed by atoms with Gasteiger partial charge in [-0.2, -0.15) is 0 Å². The molecule has 0 aliphatic heterocycles. The molecule has 0 saturated carbocycles. The molecule has 0 aromatic heterocycles. The molecule has 0 spiro atoms. The topological polar surface area (TPSA) is 46.2 Å². The molecular weight excluding hydrogens is 314 g/mol. The zero-order valence-electron chi connectivity index (χ0n) is 9.61. The minimum Gasteiger partial charge on any atom is -0.508 e. The highest BCUT2D eigenvalue weighted by Crippen LogP contribution is 2.26. The average molecular weight is 327 g/mol. The van der Waals surface area contributed by atoms with Gasteiger partial charge in [0.25, 0.3) is 0 Å². The van der Waals surface area contributed by atoms with Gasteiger partial charge in [0, 0.05) is 10.5 Å². The van der Waals surface area contributed by atoms with E-state index in [9.17, 15) is 5.11 Å². The van der Waals surface area contributed by atoms with Gasteiger partial charge in [-0.15, -0.1) is 0 Å². The van der Waals surface area contributed by atoms with E-state index in [1.807, 2.05) is 30.3 Å². The van der Waals surface area contributed by atoms with Gasteiger partial charge in [0.05, 0.1) is 5.02 Å². The number of hydrogen-bond donors (Lipinski definition) is 2. The highest BCUT2D eigenvalue weighted by atomic mass is 79.9. The van der Waals surface area contributed by atoms with E-state index in [1.54, 1.807) is 12.1 Å². The first-order chi connectivity index (χ1) is 8.56. The SMILES string of the molecule is NC(Cc1ccc(O)cc1)c1ccc(Cl)c(Br)c1. The highest BCUT2D eigenvalue weighted by molar-refractivity contribution is 9.10. The van der Waals surface area contributed by atoms with Crippen molar-refractivity contribution in [3.05, 3.63) is 63.1 Å². The first-order valence-electron chi connectivity index (χ1n) is 5.54. The summed E-state index contributed by atoms with van der Waals surface area (Å²) in [5.41, 5.74) is 8.27. The van der Waals surface area contributed by atoms with Gasteiger partial charge in [0.2, 0.25) is 0 Å². The molecule has 18 heavy (non-hydrogen) atoms. The fraction of sp³-hybridized carbons (Fsp3) is 0.143. The zero-order chi connectivity index (χ0) is 13.1. The van der Waals surface area contributed by atoms with Crippen LogP contribution in [0.3, 0.4) is 0 Å². The Balaban J connectivity index is 2.13. The van der Waals surface area contributed by atoms with Crippen LogP contribution in [0.25, 0.3) is 0 Å². The van der Waals surface area contributed by atoms with Crippen molar-refractivity contribution in [2.45, 2.75) is 12.5 Å². The lowest BCUT2D eigenvalue weighted by atomic mass is 10.00. The second-order valence-electron chi connectivity index (χ2n) is 4.15. The zero-order valence-corrected chi connectivity index (χ0v) is 11.9. The summed E-state index contributed by atoms with van der Waals surface area (Å²) in [7, 11) is 0. The molecule has 0 fully saturated rings. The predicted molar refractivity (Wildman–Crippen MR) is 77.9 cm³/mol. The van der Waals surface area contributed by atoms with Crippen LogP contribution < -0.4 is 5.73 Å². The third kappa shape index (κ3) is 3.25. The van der Waals surface area contributed by atoms with Crippen molar-refractivity contribution in [1.29, 1.82) is 0 Å². The summed E-state index contributed by atoms with van der Waals surface area (Å²) < 4.78 is 0.850. The third-order valence-corrected chi connectivity index (χ3v) is 3.98. The number of phenolic OH excluding ortho intramolecular Hbond substituents is 1.